The van der Waals surface area contributed by atoms with Crippen molar-refractivity contribution in [3.63, 3.8) is 0 Å². The highest BCUT2D eigenvalue weighted by molar-refractivity contribution is 5.64. The van der Waals surface area contributed by atoms with Crippen LogP contribution in [0.1, 0.15) is 18.4 Å². The summed E-state index contributed by atoms with van der Waals surface area (Å²) < 4.78 is 5.05. The summed E-state index contributed by atoms with van der Waals surface area (Å²) in [6.07, 6.45) is 0.347. The quantitative estimate of drug-likeness (QED) is 0.808. The predicted octanol–water partition coefficient (Wildman–Crippen LogP) is 2.18. The number of rotatable bonds is 6. The molecular formula is C13H16N2O3. The van der Waals surface area contributed by atoms with Gasteiger partial charge in [-0.05, 0) is 30.5 Å². The van der Waals surface area contributed by atoms with Crippen molar-refractivity contribution < 1.29 is 14.6 Å². The summed E-state index contributed by atoms with van der Waals surface area (Å²) in [5.41, 5.74) is 1.01. The second-order valence-electron chi connectivity index (χ2n) is 3.90. The molecule has 5 heteroatoms. The maximum absolute atomic E-state index is 10.6. The van der Waals surface area contributed by atoms with Crippen LogP contribution >= 0.6 is 0 Å². The summed E-state index contributed by atoms with van der Waals surface area (Å²) in [7, 11) is 1.59. The smallest absolute Gasteiger partial charge is 0.404 e. The number of carbonyl (C=O) groups is 1. The molecule has 1 atom stereocenters. The van der Waals surface area contributed by atoms with Gasteiger partial charge >= 0.3 is 6.09 Å². The molecule has 96 valence electrons. The minimum atomic E-state index is -1.06. The molecule has 0 aliphatic carbocycles. The van der Waals surface area contributed by atoms with E-state index in [1.807, 2.05) is 30.3 Å². The van der Waals surface area contributed by atoms with Gasteiger partial charge in [0.1, 0.15) is 5.75 Å². The number of nitrogens with one attached hydrogen (secondary N) is 1. The largest absolute Gasteiger partial charge is 0.497 e. The van der Waals surface area contributed by atoms with Crippen LogP contribution in [0.4, 0.5) is 4.79 Å². The number of carboxylic acid groups (broad SMARTS) is 1. The third kappa shape index (κ3) is 4.74. The van der Waals surface area contributed by atoms with Gasteiger partial charge in [0.25, 0.3) is 0 Å². The number of ether oxygens (including phenoxy) is 1. The van der Waals surface area contributed by atoms with Crippen LogP contribution in [-0.4, -0.2) is 24.4 Å². The normalized spacial score (nSPS) is 11.3. The fourth-order valence-corrected chi connectivity index (χ4v) is 1.68. The summed E-state index contributed by atoms with van der Waals surface area (Å²) in [6.45, 7) is 0. The van der Waals surface area contributed by atoms with Gasteiger partial charge in [0.2, 0.25) is 0 Å². The molecule has 0 spiro atoms. The van der Waals surface area contributed by atoms with Crippen LogP contribution in [0.15, 0.2) is 24.3 Å². The van der Waals surface area contributed by atoms with Crippen molar-refractivity contribution in [3.05, 3.63) is 29.8 Å². The molecule has 1 aromatic rings. The Morgan fingerprint density at radius 3 is 2.67 bits per heavy atom. The zero-order valence-corrected chi connectivity index (χ0v) is 10.2. The monoisotopic (exact) mass is 248 g/mol. The minimum absolute atomic E-state index is 0.240. The van der Waals surface area contributed by atoms with E-state index in [-0.39, 0.29) is 6.04 Å². The molecule has 0 fully saturated rings. The highest BCUT2D eigenvalue weighted by atomic mass is 16.5. The standard InChI is InChI=1S/C13H16N2O3/c1-18-12-6-4-10(5-7-12)9-11(3-2-8-14)15-13(16)17/h4-7,11,15H,2-3,9H2,1H3,(H,16,17). The Labute approximate surface area is 106 Å². The van der Waals surface area contributed by atoms with Crippen LogP contribution in [0.3, 0.4) is 0 Å². The number of amides is 1. The van der Waals surface area contributed by atoms with Gasteiger partial charge < -0.3 is 15.2 Å². The molecule has 0 heterocycles. The van der Waals surface area contributed by atoms with Gasteiger partial charge in [-0.3, -0.25) is 0 Å². The molecule has 0 radical (unpaired) electrons. The molecule has 0 saturated heterocycles. The second kappa shape index (κ2) is 7.17. The van der Waals surface area contributed by atoms with E-state index in [0.717, 1.165) is 11.3 Å². The first-order valence-corrected chi connectivity index (χ1v) is 5.65. The van der Waals surface area contributed by atoms with Gasteiger partial charge in [0.15, 0.2) is 0 Å². The molecule has 1 rings (SSSR count). The predicted molar refractivity (Wildman–Crippen MR) is 66.5 cm³/mol. The molecule has 0 aromatic heterocycles. The van der Waals surface area contributed by atoms with Crippen LogP contribution in [0.5, 0.6) is 5.75 Å². The molecule has 18 heavy (non-hydrogen) atoms. The Kier molecular flexibility index (Phi) is 5.52. The lowest BCUT2D eigenvalue weighted by Crippen LogP contribution is -2.35. The van der Waals surface area contributed by atoms with Gasteiger partial charge in [-0.1, -0.05) is 12.1 Å². The molecule has 0 aliphatic rings. The Morgan fingerprint density at radius 1 is 1.50 bits per heavy atom. The lowest BCUT2D eigenvalue weighted by molar-refractivity contribution is 0.189. The van der Waals surface area contributed by atoms with Crippen molar-refractivity contribution in [1.82, 2.24) is 5.32 Å². The van der Waals surface area contributed by atoms with E-state index in [1.165, 1.54) is 0 Å². The topological polar surface area (TPSA) is 82.3 Å². The third-order valence-corrected chi connectivity index (χ3v) is 2.57. The van der Waals surface area contributed by atoms with E-state index in [4.69, 9.17) is 15.1 Å². The summed E-state index contributed by atoms with van der Waals surface area (Å²) in [5, 5.41) is 19.7. The highest BCUT2D eigenvalue weighted by Crippen LogP contribution is 2.14. The lowest BCUT2D eigenvalue weighted by Gasteiger charge is -2.15. The first kappa shape index (κ1) is 13.8. The fraction of sp³-hybridized carbons (Fsp3) is 0.385. The van der Waals surface area contributed by atoms with Crippen LogP contribution in [0, 0.1) is 11.3 Å². The van der Waals surface area contributed by atoms with E-state index in [0.29, 0.717) is 19.3 Å². The zero-order valence-electron chi connectivity index (χ0n) is 10.2. The first-order valence-electron chi connectivity index (χ1n) is 5.65. The van der Waals surface area contributed by atoms with E-state index in [2.05, 4.69) is 5.32 Å². The van der Waals surface area contributed by atoms with Crippen molar-refractivity contribution in [1.29, 1.82) is 5.26 Å². The van der Waals surface area contributed by atoms with Gasteiger partial charge in [0, 0.05) is 12.5 Å². The summed E-state index contributed by atoms with van der Waals surface area (Å²) >= 11 is 0. The summed E-state index contributed by atoms with van der Waals surface area (Å²) in [5.74, 6) is 0.763. The summed E-state index contributed by atoms with van der Waals surface area (Å²) in [4.78, 5) is 10.6. The average Bonchev–Trinajstić information content (AvgIpc) is 2.36. The molecule has 1 unspecified atom stereocenters. The maximum atomic E-state index is 10.6. The van der Waals surface area contributed by atoms with Crippen molar-refractivity contribution in [3.8, 4) is 11.8 Å². The van der Waals surface area contributed by atoms with Crippen LogP contribution in [0.25, 0.3) is 0 Å². The number of hydrogen-bond acceptors (Lipinski definition) is 3. The van der Waals surface area contributed by atoms with E-state index in [9.17, 15) is 4.79 Å². The van der Waals surface area contributed by atoms with E-state index < -0.39 is 6.09 Å². The van der Waals surface area contributed by atoms with Crippen molar-refractivity contribution in [2.24, 2.45) is 0 Å². The van der Waals surface area contributed by atoms with Crippen molar-refractivity contribution in [2.75, 3.05) is 7.11 Å². The number of benzene rings is 1. The molecule has 2 N–H and O–H groups in total. The van der Waals surface area contributed by atoms with E-state index >= 15 is 0 Å². The lowest BCUT2D eigenvalue weighted by atomic mass is 10.0. The molecule has 0 saturated carbocycles. The Hall–Kier alpha value is -2.22. The van der Waals surface area contributed by atoms with Crippen LogP contribution < -0.4 is 10.1 Å². The third-order valence-electron chi connectivity index (χ3n) is 2.57. The number of methoxy groups -OCH3 is 1. The molecule has 5 nitrogen and oxygen atoms in total. The molecular weight excluding hydrogens is 232 g/mol. The molecule has 1 amide bonds. The van der Waals surface area contributed by atoms with Gasteiger partial charge in [0.05, 0.1) is 13.2 Å². The van der Waals surface area contributed by atoms with Crippen LogP contribution in [-0.2, 0) is 6.42 Å². The Morgan fingerprint density at radius 2 is 2.17 bits per heavy atom. The molecule has 1 aromatic carbocycles. The fourth-order valence-electron chi connectivity index (χ4n) is 1.68. The minimum Gasteiger partial charge on any atom is -0.497 e. The zero-order chi connectivity index (χ0) is 13.4. The number of hydrogen-bond donors (Lipinski definition) is 2. The SMILES string of the molecule is COc1ccc(CC(CCC#N)NC(=O)O)cc1. The number of nitriles is 1. The van der Waals surface area contributed by atoms with Gasteiger partial charge in [-0.15, -0.1) is 0 Å². The average molecular weight is 248 g/mol. The molecule has 0 bridgehead atoms. The van der Waals surface area contributed by atoms with Crippen molar-refractivity contribution in [2.45, 2.75) is 25.3 Å². The van der Waals surface area contributed by atoms with E-state index in [1.54, 1.807) is 7.11 Å². The van der Waals surface area contributed by atoms with Crippen molar-refractivity contribution >= 4 is 6.09 Å². The van der Waals surface area contributed by atoms with Gasteiger partial charge in [-0.25, -0.2) is 4.79 Å². The second-order valence-corrected chi connectivity index (χ2v) is 3.90. The van der Waals surface area contributed by atoms with Crippen LogP contribution in [0.2, 0.25) is 0 Å². The Balaban J connectivity index is 2.63. The number of nitrogens with zero attached hydrogens (tertiary/aromatic N) is 1. The Bertz CT molecular complexity index is 423. The first-order chi connectivity index (χ1) is 8.65. The highest BCUT2D eigenvalue weighted by Gasteiger charge is 2.12. The van der Waals surface area contributed by atoms with Gasteiger partial charge in [-0.2, -0.15) is 5.26 Å². The molecule has 0 aliphatic heterocycles. The summed E-state index contributed by atoms with van der Waals surface area (Å²) in [6, 6.07) is 9.23. The maximum Gasteiger partial charge on any atom is 0.404 e.